The van der Waals surface area contributed by atoms with Gasteiger partial charge < -0.3 is 5.32 Å². The van der Waals surface area contributed by atoms with Crippen LogP contribution in [0.15, 0.2) is 29.2 Å². The number of carbonyl (C=O) groups excluding carboxylic acids is 1. The van der Waals surface area contributed by atoms with E-state index < -0.39 is 10.0 Å². The van der Waals surface area contributed by atoms with E-state index in [1.165, 1.54) is 18.4 Å². The van der Waals surface area contributed by atoms with E-state index in [-0.39, 0.29) is 17.3 Å². The first kappa shape index (κ1) is 23.1. The van der Waals surface area contributed by atoms with Crippen LogP contribution in [0.5, 0.6) is 0 Å². The van der Waals surface area contributed by atoms with Gasteiger partial charge in [-0.05, 0) is 43.4 Å². The van der Waals surface area contributed by atoms with Crippen molar-refractivity contribution in [2.45, 2.75) is 58.5 Å². The van der Waals surface area contributed by atoms with Crippen molar-refractivity contribution in [3.8, 4) is 0 Å². The average Bonchev–Trinajstić information content (AvgIpc) is 2.90. The zero-order valence-corrected chi connectivity index (χ0v) is 19.0. The van der Waals surface area contributed by atoms with Crippen LogP contribution >= 0.6 is 0 Å². The van der Waals surface area contributed by atoms with Crippen LogP contribution in [0.1, 0.15) is 42.8 Å². The molecule has 2 rings (SSSR count). The summed E-state index contributed by atoms with van der Waals surface area (Å²) in [6.07, 6.45) is 0.941. The number of hydrogen-bond acceptors (Lipinski definition) is 4. The second-order valence-corrected chi connectivity index (χ2v) is 10.0. The lowest BCUT2D eigenvalue weighted by Gasteiger charge is -2.15. The van der Waals surface area contributed by atoms with E-state index in [4.69, 9.17) is 0 Å². The largest absolute Gasteiger partial charge is 0.352 e. The monoisotopic (exact) mass is 420 g/mol. The number of sulfonamides is 1. The van der Waals surface area contributed by atoms with Crippen molar-refractivity contribution in [2.24, 2.45) is 5.92 Å². The fourth-order valence-corrected chi connectivity index (χ4v) is 4.35. The van der Waals surface area contributed by atoms with Crippen LogP contribution in [-0.2, 0) is 34.3 Å². The molecule has 1 aromatic heterocycles. The van der Waals surface area contributed by atoms with Gasteiger partial charge in [0.25, 0.3) is 0 Å². The number of aromatic nitrogens is 2. The zero-order valence-electron chi connectivity index (χ0n) is 18.2. The summed E-state index contributed by atoms with van der Waals surface area (Å²) in [4.78, 5) is 12.6. The molecule has 160 valence electrons. The number of benzene rings is 1. The molecule has 0 bridgehead atoms. The number of aryl methyl sites for hydroxylation is 1. The Morgan fingerprint density at radius 2 is 1.86 bits per heavy atom. The van der Waals surface area contributed by atoms with Crippen molar-refractivity contribution in [1.82, 2.24) is 19.4 Å². The SMILES string of the molecule is Cc1nn(CC(C)C)c(C)c1CCC(=O)NCc1ccccc1S(=O)(=O)N(C)C. The number of nitrogens with zero attached hydrogens (tertiary/aromatic N) is 3. The van der Waals surface area contributed by atoms with Crippen LogP contribution in [0.2, 0.25) is 0 Å². The van der Waals surface area contributed by atoms with E-state index in [0.717, 1.165) is 23.5 Å². The van der Waals surface area contributed by atoms with Crippen molar-refractivity contribution < 1.29 is 13.2 Å². The molecule has 0 spiro atoms. The van der Waals surface area contributed by atoms with Crippen molar-refractivity contribution in [2.75, 3.05) is 14.1 Å². The first-order valence-electron chi connectivity index (χ1n) is 9.84. The van der Waals surface area contributed by atoms with Crippen molar-refractivity contribution in [3.63, 3.8) is 0 Å². The lowest BCUT2D eigenvalue weighted by molar-refractivity contribution is -0.121. The first-order chi connectivity index (χ1) is 13.5. The Bertz CT molecular complexity index is 962. The highest BCUT2D eigenvalue weighted by Gasteiger charge is 2.21. The summed E-state index contributed by atoms with van der Waals surface area (Å²) < 4.78 is 28.1. The van der Waals surface area contributed by atoms with E-state index in [0.29, 0.717) is 24.3 Å². The summed E-state index contributed by atoms with van der Waals surface area (Å²) in [6, 6.07) is 6.74. The van der Waals surface area contributed by atoms with E-state index in [1.807, 2.05) is 18.5 Å². The van der Waals surface area contributed by atoms with Crippen LogP contribution in [0.25, 0.3) is 0 Å². The number of amides is 1. The van der Waals surface area contributed by atoms with Crippen molar-refractivity contribution >= 4 is 15.9 Å². The minimum absolute atomic E-state index is 0.113. The first-order valence-corrected chi connectivity index (χ1v) is 11.3. The molecule has 0 saturated carbocycles. The van der Waals surface area contributed by atoms with Gasteiger partial charge in [0, 0.05) is 39.3 Å². The molecule has 2 aromatic rings. The van der Waals surface area contributed by atoms with Gasteiger partial charge >= 0.3 is 0 Å². The van der Waals surface area contributed by atoms with Crippen LogP contribution in [0, 0.1) is 19.8 Å². The third-order valence-corrected chi connectivity index (χ3v) is 6.79. The molecule has 8 heteroatoms. The van der Waals surface area contributed by atoms with E-state index >= 15 is 0 Å². The number of carbonyl (C=O) groups is 1. The molecule has 0 aliphatic rings. The maximum absolute atomic E-state index is 12.5. The highest BCUT2D eigenvalue weighted by Crippen LogP contribution is 2.19. The molecule has 1 amide bonds. The molecule has 0 radical (unpaired) electrons. The normalized spacial score (nSPS) is 12.0. The molecule has 0 unspecified atom stereocenters. The zero-order chi connectivity index (χ0) is 21.8. The van der Waals surface area contributed by atoms with Gasteiger partial charge in [-0.15, -0.1) is 0 Å². The summed E-state index contributed by atoms with van der Waals surface area (Å²) in [7, 11) is -0.569. The predicted molar refractivity (Wildman–Crippen MR) is 114 cm³/mol. The molecular formula is C21H32N4O3S. The van der Waals surface area contributed by atoms with E-state index in [1.54, 1.807) is 24.3 Å². The van der Waals surface area contributed by atoms with Gasteiger partial charge in [-0.2, -0.15) is 5.10 Å². The fourth-order valence-electron chi connectivity index (χ4n) is 3.24. The molecule has 0 atom stereocenters. The summed E-state index contributed by atoms with van der Waals surface area (Å²) in [5, 5.41) is 7.44. The topological polar surface area (TPSA) is 84.3 Å². The fraction of sp³-hybridized carbons (Fsp3) is 0.524. The lowest BCUT2D eigenvalue weighted by Crippen LogP contribution is -2.27. The number of nitrogens with one attached hydrogen (secondary N) is 1. The molecule has 0 aliphatic carbocycles. The second kappa shape index (κ2) is 9.54. The van der Waals surface area contributed by atoms with Crippen LogP contribution < -0.4 is 5.32 Å². The highest BCUT2D eigenvalue weighted by molar-refractivity contribution is 7.89. The Kier molecular flexibility index (Phi) is 7.60. The molecular weight excluding hydrogens is 388 g/mol. The van der Waals surface area contributed by atoms with Crippen molar-refractivity contribution in [1.29, 1.82) is 0 Å². The molecule has 0 fully saturated rings. The third kappa shape index (κ3) is 5.67. The predicted octanol–water partition coefficient (Wildman–Crippen LogP) is 2.66. The lowest BCUT2D eigenvalue weighted by atomic mass is 10.1. The number of rotatable bonds is 9. The second-order valence-electron chi connectivity index (χ2n) is 7.90. The van der Waals surface area contributed by atoms with Gasteiger partial charge in [0.2, 0.25) is 15.9 Å². The molecule has 0 aliphatic heterocycles. The molecule has 7 nitrogen and oxygen atoms in total. The van der Waals surface area contributed by atoms with Gasteiger partial charge in [-0.3, -0.25) is 9.48 Å². The quantitative estimate of drug-likeness (QED) is 0.676. The average molecular weight is 421 g/mol. The Balaban J connectivity index is 2.02. The maximum Gasteiger partial charge on any atom is 0.242 e. The third-order valence-electron chi connectivity index (χ3n) is 4.88. The molecule has 0 saturated heterocycles. The van der Waals surface area contributed by atoms with E-state index in [9.17, 15) is 13.2 Å². The van der Waals surface area contributed by atoms with Gasteiger partial charge in [0.1, 0.15) is 0 Å². The van der Waals surface area contributed by atoms with Gasteiger partial charge in [0.15, 0.2) is 0 Å². The maximum atomic E-state index is 12.5. The Labute approximate surface area is 174 Å². The Morgan fingerprint density at radius 3 is 2.48 bits per heavy atom. The number of hydrogen-bond donors (Lipinski definition) is 1. The van der Waals surface area contributed by atoms with Gasteiger partial charge in [-0.25, -0.2) is 12.7 Å². The molecule has 1 aromatic carbocycles. The summed E-state index contributed by atoms with van der Waals surface area (Å²) in [5.74, 6) is 0.389. The van der Waals surface area contributed by atoms with Gasteiger partial charge in [0.05, 0.1) is 10.6 Å². The Hall–Kier alpha value is -2.19. The minimum Gasteiger partial charge on any atom is -0.352 e. The molecule has 29 heavy (non-hydrogen) atoms. The van der Waals surface area contributed by atoms with Crippen molar-refractivity contribution in [3.05, 3.63) is 46.8 Å². The summed E-state index contributed by atoms with van der Waals surface area (Å²) in [5.41, 5.74) is 3.74. The summed E-state index contributed by atoms with van der Waals surface area (Å²) >= 11 is 0. The van der Waals surface area contributed by atoms with Crippen LogP contribution in [0.3, 0.4) is 0 Å². The molecule has 1 N–H and O–H groups in total. The Morgan fingerprint density at radius 1 is 1.21 bits per heavy atom. The minimum atomic E-state index is -3.56. The summed E-state index contributed by atoms with van der Waals surface area (Å²) in [6.45, 7) is 9.34. The smallest absolute Gasteiger partial charge is 0.242 e. The van der Waals surface area contributed by atoms with Gasteiger partial charge in [-0.1, -0.05) is 32.0 Å². The van der Waals surface area contributed by atoms with E-state index in [2.05, 4.69) is 24.3 Å². The highest BCUT2D eigenvalue weighted by atomic mass is 32.2. The standard InChI is InChI=1S/C21H32N4O3S/c1-15(2)14-25-17(4)19(16(3)23-25)11-12-21(26)22-13-18-9-7-8-10-20(18)29(27,28)24(5)6/h7-10,15H,11-14H2,1-6H3,(H,22,26). The van der Waals surface area contributed by atoms with Crippen LogP contribution in [0.4, 0.5) is 0 Å². The molecule has 1 heterocycles. The van der Waals surface area contributed by atoms with Crippen LogP contribution in [-0.4, -0.2) is 42.5 Å².